The Hall–Kier alpha value is -1.02. The number of nitrogens with zero attached hydrogens (tertiary/aromatic N) is 2. The first kappa shape index (κ1) is 7.98. The van der Waals surface area contributed by atoms with Crippen molar-refractivity contribution in [2.45, 2.75) is 20.3 Å². The fourth-order valence-electron chi connectivity index (χ4n) is 0.519. The minimum Gasteiger partial charge on any atom is -0.197 e. The fraction of sp³-hybridized carbons (Fsp3) is 0.714. The van der Waals surface area contributed by atoms with Crippen molar-refractivity contribution in [2.24, 2.45) is 11.8 Å². The Bertz CT molecular complexity index is 135. The van der Waals surface area contributed by atoms with Gasteiger partial charge in [-0.3, -0.25) is 0 Å². The van der Waals surface area contributed by atoms with Gasteiger partial charge in [0.25, 0.3) is 0 Å². The predicted octanol–water partition coefficient (Wildman–Crippen LogP) is 1.70. The lowest BCUT2D eigenvalue weighted by molar-refractivity contribution is 0.499. The van der Waals surface area contributed by atoms with Gasteiger partial charge in [-0.15, -0.1) is 0 Å². The quantitative estimate of drug-likeness (QED) is 0.559. The SMILES string of the molecule is CC[C@H](C)C(C#N)C#N. The van der Waals surface area contributed by atoms with Crippen LogP contribution < -0.4 is 0 Å². The molecule has 0 aromatic rings. The molecule has 0 saturated carbocycles. The maximum atomic E-state index is 8.36. The Balaban J connectivity index is 3.87. The van der Waals surface area contributed by atoms with Crippen molar-refractivity contribution in [3.05, 3.63) is 0 Å². The molecule has 0 unspecified atom stereocenters. The molecule has 0 aliphatic rings. The molecule has 0 rings (SSSR count). The normalized spacial score (nSPS) is 12.1. The first-order valence-corrected chi connectivity index (χ1v) is 3.05. The molecule has 48 valence electrons. The molecule has 0 aromatic carbocycles. The van der Waals surface area contributed by atoms with Crippen molar-refractivity contribution in [1.29, 1.82) is 10.5 Å². The van der Waals surface area contributed by atoms with E-state index >= 15 is 0 Å². The van der Waals surface area contributed by atoms with E-state index in [0.29, 0.717) is 0 Å². The minimum atomic E-state index is -0.421. The van der Waals surface area contributed by atoms with Crippen LogP contribution in [0.15, 0.2) is 0 Å². The Morgan fingerprint density at radius 3 is 1.89 bits per heavy atom. The molecule has 0 aromatic heterocycles. The van der Waals surface area contributed by atoms with Crippen LogP contribution in [-0.4, -0.2) is 0 Å². The number of nitriles is 2. The average Bonchev–Trinajstić information content (AvgIpc) is 1.90. The van der Waals surface area contributed by atoms with Gasteiger partial charge in [-0.2, -0.15) is 10.5 Å². The zero-order chi connectivity index (χ0) is 7.28. The maximum Gasteiger partial charge on any atom is 0.135 e. The summed E-state index contributed by atoms with van der Waals surface area (Å²) in [6, 6.07) is 3.88. The Morgan fingerprint density at radius 1 is 1.33 bits per heavy atom. The lowest BCUT2D eigenvalue weighted by Gasteiger charge is -2.05. The molecule has 0 fully saturated rings. The molecule has 2 nitrogen and oxygen atoms in total. The first-order valence-electron chi connectivity index (χ1n) is 3.05. The highest BCUT2D eigenvalue weighted by Gasteiger charge is 2.12. The van der Waals surface area contributed by atoms with Crippen LogP contribution in [0.25, 0.3) is 0 Å². The second-order valence-corrected chi connectivity index (χ2v) is 2.12. The third-order valence-electron chi connectivity index (χ3n) is 1.49. The molecule has 0 amide bonds. The van der Waals surface area contributed by atoms with Crippen LogP contribution in [0.4, 0.5) is 0 Å². The Kier molecular flexibility index (Phi) is 3.48. The van der Waals surface area contributed by atoms with Gasteiger partial charge in [0.1, 0.15) is 5.92 Å². The summed E-state index contributed by atoms with van der Waals surface area (Å²) in [7, 11) is 0. The van der Waals surface area contributed by atoms with Crippen molar-refractivity contribution in [1.82, 2.24) is 0 Å². The van der Waals surface area contributed by atoms with Crippen LogP contribution >= 0.6 is 0 Å². The van der Waals surface area contributed by atoms with Crippen molar-refractivity contribution < 1.29 is 0 Å². The number of hydrogen-bond donors (Lipinski definition) is 0. The van der Waals surface area contributed by atoms with Crippen molar-refractivity contribution in [2.75, 3.05) is 0 Å². The molecule has 0 aliphatic carbocycles. The maximum absolute atomic E-state index is 8.36. The molecule has 0 aliphatic heterocycles. The first-order chi connectivity index (χ1) is 4.26. The fourth-order valence-corrected chi connectivity index (χ4v) is 0.519. The summed E-state index contributed by atoms with van der Waals surface area (Å²) < 4.78 is 0. The molecule has 0 bridgehead atoms. The van der Waals surface area contributed by atoms with E-state index in [1.807, 2.05) is 26.0 Å². The smallest absolute Gasteiger partial charge is 0.135 e. The lowest BCUT2D eigenvalue weighted by atomic mass is 9.95. The summed E-state index contributed by atoms with van der Waals surface area (Å²) in [4.78, 5) is 0. The summed E-state index contributed by atoms with van der Waals surface area (Å²) in [5.41, 5.74) is 0. The predicted molar refractivity (Wildman–Crippen MR) is 34.2 cm³/mol. The van der Waals surface area contributed by atoms with Gasteiger partial charge in [0.05, 0.1) is 12.1 Å². The molecule has 0 radical (unpaired) electrons. The highest BCUT2D eigenvalue weighted by molar-refractivity contribution is 5.00. The number of hydrogen-bond acceptors (Lipinski definition) is 2. The summed E-state index contributed by atoms with van der Waals surface area (Å²) in [5.74, 6) is -0.213. The standard InChI is InChI=1S/C7H10N2/c1-3-6(2)7(4-8)5-9/h6-7H,3H2,1-2H3/t6-/m0/s1. The zero-order valence-corrected chi connectivity index (χ0v) is 5.76. The monoisotopic (exact) mass is 122 g/mol. The van der Waals surface area contributed by atoms with Crippen LogP contribution in [0, 0.1) is 34.5 Å². The topological polar surface area (TPSA) is 47.6 Å². The van der Waals surface area contributed by atoms with Gasteiger partial charge >= 0.3 is 0 Å². The van der Waals surface area contributed by atoms with Gasteiger partial charge in [-0.05, 0) is 5.92 Å². The van der Waals surface area contributed by atoms with Gasteiger partial charge < -0.3 is 0 Å². The van der Waals surface area contributed by atoms with E-state index in [4.69, 9.17) is 10.5 Å². The van der Waals surface area contributed by atoms with E-state index in [9.17, 15) is 0 Å². The third kappa shape index (κ3) is 2.15. The number of rotatable bonds is 2. The molecule has 0 saturated heterocycles. The van der Waals surface area contributed by atoms with Gasteiger partial charge in [-0.1, -0.05) is 20.3 Å². The second-order valence-electron chi connectivity index (χ2n) is 2.12. The lowest BCUT2D eigenvalue weighted by Crippen LogP contribution is -2.05. The van der Waals surface area contributed by atoms with Gasteiger partial charge in [0.15, 0.2) is 0 Å². The molecular weight excluding hydrogens is 112 g/mol. The van der Waals surface area contributed by atoms with Crippen molar-refractivity contribution in [3.63, 3.8) is 0 Å². The van der Waals surface area contributed by atoms with E-state index in [-0.39, 0.29) is 5.92 Å². The zero-order valence-electron chi connectivity index (χ0n) is 5.76. The molecule has 0 spiro atoms. The van der Waals surface area contributed by atoms with Gasteiger partial charge in [-0.25, -0.2) is 0 Å². The van der Waals surface area contributed by atoms with E-state index in [1.165, 1.54) is 0 Å². The van der Waals surface area contributed by atoms with E-state index in [2.05, 4.69) is 0 Å². The van der Waals surface area contributed by atoms with E-state index in [0.717, 1.165) is 6.42 Å². The van der Waals surface area contributed by atoms with Crippen LogP contribution in [0.3, 0.4) is 0 Å². The van der Waals surface area contributed by atoms with Crippen molar-refractivity contribution in [3.8, 4) is 12.1 Å². The highest BCUT2D eigenvalue weighted by Crippen LogP contribution is 2.12. The summed E-state index contributed by atoms with van der Waals surface area (Å²) >= 11 is 0. The molecule has 0 N–H and O–H groups in total. The highest BCUT2D eigenvalue weighted by atomic mass is 14.3. The largest absolute Gasteiger partial charge is 0.197 e. The Morgan fingerprint density at radius 2 is 1.78 bits per heavy atom. The van der Waals surface area contributed by atoms with Crippen LogP contribution in [0.1, 0.15) is 20.3 Å². The van der Waals surface area contributed by atoms with Gasteiger partial charge in [0, 0.05) is 0 Å². The van der Waals surface area contributed by atoms with Crippen LogP contribution in [-0.2, 0) is 0 Å². The summed E-state index contributed by atoms with van der Waals surface area (Å²) in [5, 5.41) is 16.7. The van der Waals surface area contributed by atoms with E-state index in [1.54, 1.807) is 0 Å². The second kappa shape index (κ2) is 3.92. The molecular formula is C7H10N2. The summed E-state index contributed by atoms with van der Waals surface area (Å²) in [6.07, 6.45) is 0.895. The minimum absolute atomic E-state index is 0.208. The van der Waals surface area contributed by atoms with Crippen LogP contribution in [0.2, 0.25) is 0 Å². The van der Waals surface area contributed by atoms with Gasteiger partial charge in [0.2, 0.25) is 0 Å². The Labute approximate surface area is 55.7 Å². The summed E-state index contributed by atoms with van der Waals surface area (Å²) in [6.45, 7) is 3.89. The van der Waals surface area contributed by atoms with Crippen molar-refractivity contribution >= 4 is 0 Å². The molecule has 0 heterocycles. The average molecular weight is 122 g/mol. The third-order valence-corrected chi connectivity index (χ3v) is 1.49. The van der Waals surface area contributed by atoms with Crippen LogP contribution in [0.5, 0.6) is 0 Å². The molecule has 9 heavy (non-hydrogen) atoms. The molecule has 2 heteroatoms. The van der Waals surface area contributed by atoms with E-state index < -0.39 is 5.92 Å². The molecule has 1 atom stereocenters.